The maximum atomic E-state index is 13.0. The molecule has 1 aliphatic heterocycles. The summed E-state index contributed by atoms with van der Waals surface area (Å²) in [5, 5.41) is 3.78. The number of piperidine rings is 1. The number of amides is 1. The van der Waals surface area contributed by atoms with Gasteiger partial charge in [-0.15, -0.1) is 0 Å². The lowest BCUT2D eigenvalue weighted by atomic mass is 10.1. The van der Waals surface area contributed by atoms with Crippen molar-refractivity contribution in [1.29, 1.82) is 0 Å². The Morgan fingerprint density at radius 1 is 0.968 bits per heavy atom. The van der Waals surface area contributed by atoms with Gasteiger partial charge in [0.2, 0.25) is 0 Å². The summed E-state index contributed by atoms with van der Waals surface area (Å²) in [7, 11) is 0. The molecule has 1 N–H and O–H groups in total. The van der Waals surface area contributed by atoms with Crippen molar-refractivity contribution in [2.24, 2.45) is 0 Å². The minimum absolute atomic E-state index is 0.0942. The number of nitrogens with zero attached hydrogens (tertiary/aromatic N) is 3. The Hall–Kier alpha value is -2.86. The number of aromatic nitrogens is 2. The Labute approximate surface area is 188 Å². The number of nitrogens with one attached hydrogen (secondary N) is 1. The maximum Gasteiger partial charge on any atom is 0.255 e. The van der Waals surface area contributed by atoms with Crippen molar-refractivity contribution < 1.29 is 4.79 Å². The lowest BCUT2D eigenvalue weighted by molar-refractivity contribution is 0.102. The van der Waals surface area contributed by atoms with Gasteiger partial charge in [-0.25, -0.2) is 9.97 Å². The van der Waals surface area contributed by atoms with Crippen LogP contribution in [0.5, 0.6) is 0 Å². The Kier molecular flexibility index (Phi) is 6.87. The third-order valence-corrected chi connectivity index (χ3v) is 6.32. The van der Waals surface area contributed by atoms with Crippen LogP contribution >= 0.6 is 11.8 Å². The molecule has 1 amide bonds. The zero-order chi connectivity index (χ0) is 21.6. The fraction of sp³-hybridized carbons (Fsp3) is 0.320. The van der Waals surface area contributed by atoms with Crippen LogP contribution in [0.1, 0.15) is 46.6 Å². The van der Waals surface area contributed by atoms with E-state index < -0.39 is 0 Å². The normalized spacial score (nSPS) is 13.8. The van der Waals surface area contributed by atoms with Crippen molar-refractivity contribution in [2.45, 2.75) is 44.0 Å². The first-order valence-corrected chi connectivity index (χ1v) is 11.8. The Bertz CT molecular complexity index is 1030. The van der Waals surface area contributed by atoms with Crippen LogP contribution < -0.4 is 10.2 Å². The topological polar surface area (TPSA) is 58.1 Å². The summed E-state index contributed by atoms with van der Waals surface area (Å²) in [6.07, 6.45) is 3.82. The molecule has 4 rings (SSSR count). The molecule has 1 aromatic heterocycles. The number of aryl methyl sites for hydroxylation is 2. The molecule has 0 aliphatic carbocycles. The van der Waals surface area contributed by atoms with Crippen LogP contribution in [0.15, 0.2) is 59.8 Å². The highest BCUT2D eigenvalue weighted by Crippen LogP contribution is 2.25. The van der Waals surface area contributed by atoms with E-state index in [0.29, 0.717) is 11.3 Å². The van der Waals surface area contributed by atoms with Gasteiger partial charge in [0.1, 0.15) is 0 Å². The first-order valence-electron chi connectivity index (χ1n) is 10.8. The lowest BCUT2D eigenvalue weighted by Crippen LogP contribution is -2.29. The first-order chi connectivity index (χ1) is 15.1. The van der Waals surface area contributed by atoms with Gasteiger partial charge >= 0.3 is 0 Å². The summed E-state index contributed by atoms with van der Waals surface area (Å²) in [5.74, 6) is 0.545. The van der Waals surface area contributed by atoms with E-state index in [1.165, 1.54) is 24.9 Å². The molecular weight excluding hydrogens is 404 g/mol. The van der Waals surface area contributed by atoms with E-state index in [2.05, 4.69) is 32.3 Å². The second kappa shape index (κ2) is 9.96. The average molecular weight is 433 g/mol. The molecule has 2 heterocycles. The third kappa shape index (κ3) is 5.64. The highest BCUT2D eigenvalue weighted by molar-refractivity contribution is 7.98. The number of hydrogen-bond acceptors (Lipinski definition) is 5. The predicted molar refractivity (Wildman–Crippen MR) is 128 cm³/mol. The molecule has 31 heavy (non-hydrogen) atoms. The van der Waals surface area contributed by atoms with Crippen molar-refractivity contribution in [2.75, 3.05) is 23.3 Å². The highest BCUT2D eigenvalue weighted by Gasteiger charge is 2.14. The summed E-state index contributed by atoms with van der Waals surface area (Å²) in [6, 6.07) is 17.9. The summed E-state index contributed by atoms with van der Waals surface area (Å²) >= 11 is 1.55. The molecule has 0 bridgehead atoms. The van der Waals surface area contributed by atoms with Gasteiger partial charge < -0.3 is 10.2 Å². The number of hydrogen-bond donors (Lipinski definition) is 1. The number of thioether (sulfide) groups is 1. The number of anilines is 2. The largest absolute Gasteiger partial charge is 0.372 e. The third-order valence-electron chi connectivity index (χ3n) is 5.43. The molecule has 160 valence electrons. The molecule has 3 aromatic rings. The SMILES string of the molecule is Cc1cc(C)nc(SCc2ccccc2C(=O)Nc2ccc(N3CCCCC3)cc2)n1. The molecular formula is C25H28N4OS. The predicted octanol–water partition coefficient (Wildman–Crippen LogP) is 5.63. The Morgan fingerprint density at radius 2 is 1.65 bits per heavy atom. The standard InChI is InChI=1S/C25H28N4OS/c1-18-16-19(2)27-25(26-18)31-17-20-8-4-5-9-23(20)24(30)28-21-10-12-22(13-11-21)29-14-6-3-7-15-29/h4-5,8-13,16H,3,6-7,14-15,17H2,1-2H3,(H,28,30). The fourth-order valence-corrected chi connectivity index (χ4v) is 4.83. The molecule has 2 aromatic carbocycles. The van der Waals surface area contributed by atoms with E-state index in [9.17, 15) is 4.79 Å². The second-order valence-electron chi connectivity index (χ2n) is 7.93. The molecule has 1 aliphatic rings. The molecule has 0 unspecified atom stereocenters. The fourth-order valence-electron chi connectivity index (χ4n) is 3.87. The van der Waals surface area contributed by atoms with E-state index in [1.807, 2.05) is 56.3 Å². The number of carbonyl (C=O) groups is 1. The molecule has 5 nitrogen and oxygen atoms in total. The Morgan fingerprint density at radius 3 is 2.35 bits per heavy atom. The average Bonchev–Trinajstić information content (AvgIpc) is 2.78. The summed E-state index contributed by atoms with van der Waals surface area (Å²) in [4.78, 5) is 24.4. The van der Waals surface area contributed by atoms with E-state index >= 15 is 0 Å². The summed E-state index contributed by atoms with van der Waals surface area (Å²) < 4.78 is 0. The maximum absolute atomic E-state index is 13.0. The van der Waals surface area contributed by atoms with Gasteiger partial charge in [-0.1, -0.05) is 30.0 Å². The molecule has 0 atom stereocenters. The zero-order valence-electron chi connectivity index (χ0n) is 18.1. The summed E-state index contributed by atoms with van der Waals surface area (Å²) in [6.45, 7) is 6.16. The van der Waals surface area contributed by atoms with Crippen LogP contribution in [0, 0.1) is 13.8 Å². The van der Waals surface area contributed by atoms with Crippen molar-refractivity contribution >= 4 is 29.0 Å². The molecule has 6 heteroatoms. The van der Waals surface area contributed by atoms with E-state index in [4.69, 9.17) is 0 Å². The van der Waals surface area contributed by atoms with Gasteiger partial charge in [-0.2, -0.15) is 0 Å². The van der Waals surface area contributed by atoms with Gasteiger partial charge in [-0.05, 0) is 75.1 Å². The summed E-state index contributed by atoms with van der Waals surface area (Å²) in [5.41, 5.74) is 5.59. The monoisotopic (exact) mass is 432 g/mol. The van der Waals surface area contributed by atoms with Crippen molar-refractivity contribution in [3.8, 4) is 0 Å². The van der Waals surface area contributed by atoms with Gasteiger partial charge in [0.25, 0.3) is 5.91 Å². The van der Waals surface area contributed by atoms with Crippen LogP contribution in [-0.4, -0.2) is 29.0 Å². The van der Waals surface area contributed by atoms with Crippen molar-refractivity contribution in [3.63, 3.8) is 0 Å². The number of benzene rings is 2. The quantitative estimate of drug-likeness (QED) is 0.404. The Balaban J connectivity index is 1.42. The van der Waals surface area contributed by atoms with Crippen LogP contribution in [0.25, 0.3) is 0 Å². The number of rotatable bonds is 6. The van der Waals surface area contributed by atoms with Crippen molar-refractivity contribution in [1.82, 2.24) is 9.97 Å². The highest BCUT2D eigenvalue weighted by atomic mass is 32.2. The van der Waals surface area contributed by atoms with Gasteiger partial charge in [0.15, 0.2) is 5.16 Å². The molecule has 0 radical (unpaired) electrons. The lowest BCUT2D eigenvalue weighted by Gasteiger charge is -2.28. The van der Waals surface area contributed by atoms with Crippen LogP contribution in [-0.2, 0) is 5.75 Å². The van der Waals surface area contributed by atoms with Gasteiger partial charge in [0.05, 0.1) is 0 Å². The van der Waals surface area contributed by atoms with Gasteiger partial charge in [-0.3, -0.25) is 4.79 Å². The second-order valence-corrected chi connectivity index (χ2v) is 8.87. The first kappa shape index (κ1) is 21.4. The molecule has 1 saturated heterocycles. The van der Waals surface area contributed by atoms with E-state index in [0.717, 1.165) is 40.9 Å². The van der Waals surface area contributed by atoms with Crippen molar-refractivity contribution in [3.05, 3.63) is 77.1 Å². The van der Waals surface area contributed by atoms with Crippen LogP contribution in [0.4, 0.5) is 11.4 Å². The smallest absolute Gasteiger partial charge is 0.255 e. The van der Waals surface area contributed by atoms with Crippen LogP contribution in [0.2, 0.25) is 0 Å². The van der Waals surface area contributed by atoms with E-state index in [-0.39, 0.29) is 5.91 Å². The minimum atomic E-state index is -0.0942. The van der Waals surface area contributed by atoms with E-state index in [1.54, 1.807) is 11.8 Å². The molecule has 0 spiro atoms. The molecule has 0 saturated carbocycles. The molecule has 1 fully saturated rings. The minimum Gasteiger partial charge on any atom is -0.372 e. The zero-order valence-corrected chi connectivity index (χ0v) is 18.9. The number of carbonyl (C=O) groups excluding carboxylic acids is 1. The van der Waals surface area contributed by atoms with Crippen LogP contribution in [0.3, 0.4) is 0 Å². The van der Waals surface area contributed by atoms with Gasteiger partial charge in [0, 0.05) is 47.2 Å².